The Hall–Kier alpha value is -1.06. The summed E-state index contributed by atoms with van der Waals surface area (Å²) in [5.74, 6) is 0. The number of hydrogen-bond donors (Lipinski definition) is 2. The molecule has 0 unspecified atom stereocenters. The van der Waals surface area contributed by atoms with Crippen molar-refractivity contribution in [2.75, 3.05) is 32.5 Å². The fourth-order valence-corrected chi connectivity index (χ4v) is 1.58. The van der Waals surface area contributed by atoms with Crippen molar-refractivity contribution in [1.29, 1.82) is 0 Å². The maximum atomic E-state index is 8.73. The predicted molar refractivity (Wildman–Crippen MR) is 63.8 cm³/mol. The van der Waals surface area contributed by atoms with E-state index in [0.717, 1.165) is 31.6 Å². The van der Waals surface area contributed by atoms with Crippen LogP contribution in [0.15, 0.2) is 24.3 Å². The van der Waals surface area contributed by atoms with Crippen molar-refractivity contribution in [3.8, 4) is 0 Å². The topological polar surface area (TPSA) is 49.5 Å². The molecule has 84 valence electrons. The first kappa shape index (κ1) is 12.0. The molecule has 1 aromatic carbocycles. The molecule has 1 aromatic rings. The second-order valence-electron chi connectivity index (χ2n) is 3.88. The van der Waals surface area contributed by atoms with Gasteiger partial charge in [0.2, 0.25) is 0 Å². The highest BCUT2D eigenvalue weighted by molar-refractivity contribution is 5.40. The third kappa shape index (κ3) is 4.81. The van der Waals surface area contributed by atoms with E-state index in [1.165, 1.54) is 5.56 Å². The molecule has 3 N–H and O–H groups in total. The highest BCUT2D eigenvalue weighted by Crippen LogP contribution is 2.08. The summed E-state index contributed by atoms with van der Waals surface area (Å²) >= 11 is 0. The summed E-state index contributed by atoms with van der Waals surface area (Å²) in [4.78, 5) is 2.13. The Bertz CT molecular complexity index is 289. The minimum atomic E-state index is 0.231. The van der Waals surface area contributed by atoms with Crippen LogP contribution in [0.25, 0.3) is 0 Å². The van der Waals surface area contributed by atoms with Gasteiger partial charge in [0, 0.05) is 12.2 Å². The molecular formula is C12H20N2O. The number of anilines is 1. The second-order valence-corrected chi connectivity index (χ2v) is 3.88. The lowest BCUT2D eigenvalue weighted by Gasteiger charge is -2.14. The van der Waals surface area contributed by atoms with Crippen molar-refractivity contribution in [2.24, 2.45) is 0 Å². The number of benzene rings is 1. The number of nitrogen functional groups attached to an aromatic ring is 1. The van der Waals surface area contributed by atoms with Crippen LogP contribution in [0.3, 0.4) is 0 Å². The van der Waals surface area contributed by atoms with E-state index in [9.17, 15) is 0 Å². The number of hydrogen-bond acceptors (Lipinski definition) is 3. The molecule has 0 heterocycles. The highest BCUT2D eigenvalue weighted by atomic mass is 16.3. The van der Waals surface area contributed by atoms with Crippen LogP contribution >= 0.6 is 0 Å². The number of aliphatic hydroxyl groups excluding tert-OH is 1. The van der Waals surface area contributed by atoms with Crippen LogP contribution in [-0.4, -0.2) is 36.8 Å². The first-order valence-electron chi connectivity index (χ1n) is 5.36. The van der Waals surface area contributed by atoms with Crippen molar-refractivity contribution in [3.63, 3.8) is 0 Å². The second kappa shape index (κ2) is 6.43. The van der Waals surface area contributed by atoms with Crippen LogP contribution in [0.1, 0.15) is 12.0 Å². The Morgan fingerprint density at radius 3 is 2.80 bits per heavy atom. The summed E-state index contributed by atoms with van der Waals surface area (Å²) in [5, 5.41) is 8.73. The van der Waals surface area contributed by atoms with E-state index in [0.29, 0.717) is 0 Å². The molecule has 0 aliphatic heterocycles. The molecule has 0 aromatic heterocycles. The summed E-state index contributed by atoms with van der Waals surface area (Å²) in [6.07, 6.45) is 2.14. The zero-order valence-electron chi connectivity index (χ0n) is 9.32. The van der Waals surface area contributed by atoms with E-state index in [-0.39, 0.29) is 6.61 Å². The molecule has 0 bridgehead atoms. The van der Waals surface area contributed by atoms with Gasteiger partial charge in [-0.05, 0) is 44.1 Å². The maximum Gasteiger partial charge on any atom is 0.0558 e. The predicted octanol–water partition coefficient (Wildman–Crippen LogP) is 1.13. The Kier molecular flexibility index (Phi) is 5.15. The van der Waals surface area contributed by atoms with Crippen molar-refractivity contribution < 1.29 is 5.11 Å². The van der Waals surface area contributed by atoms with Crippen LogP contribution in [0.5, 0.6) is 0 Å². The first-order chi connectivity index (χ1) is 7.22. The average Bonchev–Trinajstić information content (AvgIpc) is 2.18. The van der Waals surface area contributed by atoms with E-state index in [2.05, 4.69) is 11.0 Å². The standard InChI is InChI=1S/C12H20N2O/c1-14(8-9-15)7-3-5-11-4-2-6-12(13)10-11/h2,4,6,10,15H,3,5,7-9,13H2,1H3. The molecule has 0 atom stereocenters. The smallest absolute Gasteiger partial charge is 0.0558 e. The number of aliphatic hydroxyl groups is 1. The number of aryl methyl sites for hydroxylation is 1. The van der Waals surface area contributed by atoms with Gasteiger partial charge in [-0.2, -0.15) is 0 Å². The lowest BCUT2D eigenvalue weighted by molar-refractivity contribution is 0.220. The minimum Gasteiger partial charge on any atom is -0.399 e. The van der Waals surface area contributed by atoms with Crippen LogP contribution in [0.4, 0.5) is 5.69 Å². The molecule has 3 heteroatoms. The molecule has 0 spiro atoms. The molecule has 0 saturated carbocycles. The van der Waals surface area contributed by atoms with Gasteiger partial charge in [-0.1, -0.05) is 12.1 Å². The molecule has 3 nitrogen and oxygen atoms in total. The molecule has 0 aliphatic carbocycles. The van der Waals surface area contributed by atoms with Crippen LogP contribution in [0, 0.1) is 0 Å². The number of nitrogens with zero attached hydrogens (tertiary/aromatic N) is 1. The van der Waals surface area contributed by atoms with Crippen LogP contribution in [-0.2, 0) is 6.42 Å². The van der Waals surface area contributed by atoms with Crippen molar-refractivity contribution in [3.05, 3.63) is 29.8 Å². The lowest BCUT2D eigenvalue weighted by atomic mass is 10.1. The molecular weight excluding hydrogens is 188 g/mol. The Morgan fingerprint density at radius 2 is 2.13 bits per heavy atom. The zero-order valence-corrected chi connectivity index (χ0v) is 9.32. The normalized spacial score (nSPS) is 10.9. The van der Waals surface area contributed by atoms with Crippen molar-refractivity contribution >= 4 is 5.69 Å². The number of rotatable bonds is 6. The average molecular weight is 208 g/mol. The van der Waals surface area contributed by atoms with Crippen LogP contribution < -0.4 is 5.73 Å². The minimum absolute atomic E-state index is 0.231. The van der Waals surface area contributed by atoms with Gasteiger partial charge < -0.3 is 15.7 Å². The third-order valence-electron chi connectivity index (χ3n) is 2.44. The fourth-order valence-electron chi connectivity index (χ4n) is 1.58. The van der Waals surface area contributed by atoms with Gasteiger partial charge in [0.15, 0.2) is 0 Å². The first-order valence-corrected chi connectivity index (χ1v) is 5.36. The maximum absolute atomic E-state index is 8.73. The Balaban J connectivity index is 2.25. The molecule has 0 aliphatic rings. The Morgan fingerprint density at radius 1 is 1.33 bits per heavy atom. The van der Waals surface area contributed by atoms with E-state index in [1.54, 1.807) is 0 Å². The van der Waals surface area contributed by atoms with E-state index in [1.807, 2.05) is 25.2 Å². The quantitative estimate of drug-likeness (QED) is 0.689. The number of likely N-dealkylation sites (N-methyl/N-ethyl adjacent to an activating group) is 1. The molecule has 15 heavy (non-hydrogen) atoms. The van der Waals surface area contributed by atoms with E-state index >= 15 is 0 Å². The highest BCUT2D eigenvalue weighted by Gasteiger charge is 1.98. The van der Waals surface area contributed by atoms with E-state index in [4.69, 9.17) is 10.8 Å². The van der Waals surface area contributed by atoms with Gasteiger partial charge in [-0.25, -0.2) is 0 Å². The SMILES string of the molecule is CN(CCO)CCCc1cccc(N)c1. The molecule has 0 fully saturated rings. The molecule has 1 rings (SSSR count). The van der Waals surface area contributed by atoms with Gasteiger partial charge in [0.1, 0.15) is 0 Å². The zero-order chi connectivity index (χ0) is 11.1. The Labute approximate surface area is 91.5 Å². The lowest BCUT2D eigenvalue weighted by Crippen LogP contribution is -2.23. The summed E-state index contributed by atoms with van der Waals surface area (Å²) in [7, 11) is 2.02. The van der Waals surface area contributed by atoms with Crippen LogP contribution in [0.2, 0.25) is 0 Å². The summed E-state index contributed by atoms with van der Waals surface area (Å²) in [6.45, 7) is 1.99. The van der Waals surface area contributed by atoms with Gasteiger partial charge in [-0.15, -0.1) is 0 Å². The summed E-state index contributed by atoms with van der Waals surface area (Å²) < 4.78 is 0. The van der Waals surface area contributed by atoms with Crippen molar-refractivity contribution in [1.82, 2.24) is 4.90 Å². The largest absolute Gasteiger partial charge is 0.399 e. The van der Waals surface area contributed by atoms with Gasteiger partial charge >= 0.3 is 0 Å². The van der Waals surface area contributed by atoms with E-state index < -0.39 is 0 Å². The number of nitrogens with two attached hydrogens (primary N) is 1. The molecule has 0 amide bonds. The van der Waals surface area contributed by atoms with Gasteiger partial charge in [0.25, 0.3) is 0 Å². The monoisotopic (exact) mass is 208 g/mol. The third-order valence-corrected chi connectivity index (χ3v) is 2.44. The molecule has 0 saturated heterocycles. The molecule has 0 radical (unpaired) electrons. The van der Waals surface area contributed by atoms with Gasteiger partial charge in [-0.3, -0.25) is 0 Å². The van der Waals surface area contributed by atoms with Crippen molar-refractivity contribution in [2.45, 2.75) is 12.8 Å². The summed E-state index contributed by atoms with van der Waals surface area (Å²) in [5.41, 5.74) is 7.81. The van der Waals surface area contributed by atoms with Gasteiger partial charge in [0.05, 0.1) is 6.61 Å². The summed E-state index contributed by atoms with van der Waals surface area (Å²) in [6, 6.07) is 8.01. The fraction of sp³-hybridized carbons (Fsp3) is 0.500.